The summed E-state index contributed by atoms with van der Waals surface area (Å²) in [7, 11) is 1.71. The summed E-state index contributed by atoms with van der Waals surface area (Å²) in [4.78, 5) is 32.5. The van der Waals surface area contributed by atoms with Crippen LogP contribution >= 0.6 is 11.8 Å². The van der Waals surface area contributed by atoms with Gasteiger partial charge in [0.15, 0.2) is 0 Å². The lowest BCUT2D eigenvalue weighted by Gasteiger charge is -2.11. The molecule has 13 heteroatoms. The number of carbonyl (C=O) groups is 1. The minimum Gasteiger partial charge on any atom is -0.348 e. The SMILES string of the molecule is Cc1cc(C)nc(NC(=NCCc2cnc[nH]2)NC(=O)CSc2nnnn2C)n1. The van der Waals surface area contributed by atoms with E-state index in [0.29, 0.717) is 24.1 Å². The average Bonchev–Trinajstić information content (AvgIpc) is 3.30. The summed E-state index contributed by atoms with van der Waals surface area (Å²) in [6.07, 6.45) is 4.00. The third-order valence-electron chi connectivity index (χ3n) is 3.59. The van der Waals surface area contributed by atoms with Crippen molar-refractivity contribution < 1.29 is 4.79 Å². The third kappa shape index (κ3) is 6.34. The van der Waals surface area contributed by atoms with Gasteiger partial charge in [-0.15, -0.1) is 5.10 Å². The van der Waals surface area contributed by atoms with E-state index in [1.807, 2.05) is 19.9 Å². The number of nitrogens with one attached hydrogen (secondary N) is 3. The Labute approximate surface area is 171 Å². The molecule has 0 aromatic carbocycles. The van der Waals surface area contributed by atoms with Crippen LogP contribution in [0.5, 0.6) is 0 Å². The molecule has 0 aliphatic heterocycles. The van der Waals surface area contributed by atoms with Crippen molar-refractivity contribution in [1.29, 1.82) is 0 Å². The van der Waals surface area contributed by atoms with Crippen LogP contribution in [0.3, 0.4) is 0 Å². The van der Waals surface area contributed by atoms with Crippen LogP contribution in [0.2, 0.25) is 0 Å². The summed E-state index contributed by atoms with van der Waals surface area (Å²) in [6.45, 7) is 4.19. The lowest BCUT2D eigenvalue weighted by Crippen LogP contribution is -2.38. The Bertz CT molecular complexity index is 962. The van der Waals surface area contributed by atoms with Gasteiger partial charge in [-0.25, -0.2) is 19.6 Å². The largest absolute Gasteiger partial charge is 0.348 e. The highest BCUT2D eigenvalue weighted by molar-refractivity contribution is 7.99. The lowest BCUT2D eigenvalue weighted by molar-refractivity contribution is -0.117. The Morgan fingerprint density at radius 3 is 2.76 bits per heavy atom. The maximum atomic E-state index is 12.4. The van der Waals surface area contributed by atoms with Crippen molar-refractivity contribution in [2.75, 3.05) is 17.6 Å². The van der Waals surface area contributed by atoms with Gasteiger partial charge >= 0.3 is 0 Å². The average molecular weight is 415 g/mol. The number of aromatic nitrogens is 8. The molecular weight excluding hydrogens is 394 g/mol. The van der Waals surface area contributed by atoms with E-state index in [1.165, 1.54) is 16.4 Å². The fraction of sp³-hybridized carbons (Fsp3) is 0.375. The van der Waals surface area contributed by atoms with Gasteiger partial charge in [-0.1, -0.05) is 11.8 Å². The standard InChI is InChI=1S/C16H21N11OS/c1-10-6-11(2)21-15(20-10)23-14(18-5-4-12-7-17-9-19-12)22-13(28)8-29-16-24-25-26-27(16)3/h6-7,9H,4-5,8H2,1-3H3,(H,17,19)(H2,18,20,21,22,23,28). The van der Waals surface area contributed by atoms with Gasteiger partial charge in [0.25, 0.3) is 0 Å². The number of imidazole rings is 1. The summed E-state index contributed by atoms with van der Waals surface area (Å²) in [5.74, 6) is 0.517. The summed E-state index contributed by atoms with van der Waals surface area (Å²) < 4.78 is 1.50. The number of anilines is 1. The van der Waals surface area contributed by atoms with Crippen molar-refractivity contribution in [2.45, 2.75) is 25.4 Å². The smallest absolute Gasteiger partial charge is 0.237 e. The quantitative estimate of drug-likeness (QED) is 0.280. The molecule has 0 spiro atoms. The fourth-order valence-corrected chi connectivity index (χ4v) is 3.00. The minimum absolute atomic E-state index is 0.128. The number of carbonyl (C=O) groups excluding carboxylic acids is 1. The highest BCUT2D eigenvalue weighted by Gasteiger charge is 2.12. The summed E-state index contributed by atoms with van der Waals surface area (Å²) in [6, 6.07) is 1.87. The van der Waals surface area contributed by atoms with Crippen molar-refractivity contribution in [1.82, 2.24) is 45.5 Å². The van der Waals surface area contributed by atoms with Gasteiger partial charge in [0, 0.05) is 43.3 Å². The van der Waals surface area contributed by atoms with Gasteiger partial charge in [0.05, 0.1) is 12.1 Å². The first-order valence-corrected chi connectivity index (χ1v) is 9.74. The summed E-state index contributed by atoms with van der Waals surface area (Å²) >= 11 is 1.22. The number of rotatable bonds is 7. The van der Waals surface area contributed by atoms with Crippen LogP contribution in [0.4, 0.5) is 5.95 Å². The second-order valence-corrected chi connectivity index (χ2v) is 7.02. The van der Waals surface area contributed by atoms with E-state index in [1.54, 1.807) is 19.6 Å². The predicted molar refractivity (Wildman–Crippen MR) is 107 cm³/mol. The van der Waals surface area contributed by atoms with E-state index < -0.39 is 0 Å². The highest BCUT2D eigenvalue weighted by atomic mass is 32.2. The number of aliphatic imine (C=N–C) groups is 1. The summed E-state index contributed by atoms with van der Waals surface area (Å²) in [5.41, 5.74) is 2.58. The maximum absolute atomic E-state index is 12.4. The number of nitrogens with zero attached hydrogens (tertiary/aromatic N) is 8. The zero-order valence-corrected chi connectivity index (χ0v) is 17.1. The highest BCUT2D eigenvalue weighted by Crippen LogP contribution is 2.11. The molecule has 0 bridgehead atoms. The van der Waals surface area contributed by atoms with E-state index in [2.05, 4.69) is 51.1 Å². The number of aryl methyl sites for hydroxylation is 3. The molecule has 0 atom stereocenters. The molecule has 3 heterocycles. The van der Waals surface area contributed by atoms with Crippen molar-refractivity contribution in [3.05, 3.63) is 35.7 Å². The van der Waals surface area contributed by atoms with Crippen molar-refractivity contribution in [3.8, 4) is 0 Å². The molecule has 3 N–H and O–H groups in total. The number of hydrogen-bond donors (Lipinski definition) is 3. The molecule has 152 valence electrons. The predicted octanol–water partition coefficient (Wildman–Crippen LogP) is 0.259. The first-order valence-electron chi connectivity index (χ1n) is 8.75. The number of thioether (sulfide) groups is 1. The Balaban J connectivity index is 1.65. The fourth-order valence-electron chi connectivity index (χ4n) is 2.35. The van der Waals surface area contributed by atoms with E-state index in [4.69, 9.17) is 0 Å². The van der Waals surface area contributed by atoms with Crippen molar-refractivity contribution >= 4 is 29.6 Å². The van der Waals surface area contributed by atoms with Gasteiger partial charge in [-0.05, 0) is 30.3 Å². The van der Waals surface area contributed by atoms with Crippen LogP contribution in [0.1, 0.15) is 17.1 Å². The number of aromatic amines is 1. The number of H-pyrrole nitrogens is 1. The van der Waals surface area contributed by atoms with Crippen molar-refractivity contribution in [3.63, 3.8) is 0 Å². The summed E-state index contributed by atoms with van der Waals surface area (Å²) in [5, 5.41) is 17.4. The zero-order valence-electron chi connectivity index (χ0n) is 16.2. The van der Waals surface area contributed by atoms with Crippen LogP contribution in [0, 0.1) is 13.8 Å². The van der Waals surface area contributed by atoms with Crippen molar-refractivity contribution in [2.24, 2.45) is 12.0 Å². The number of guanidine groups is 1. The molecule has 0 unspecified atom stereocenters. The van der Waals surface area contributed by atoms with Crippen LogP contribution in [-0.4, -0.2) is 64.3 Å². The second kappa shape index (κ2) is 9.73. The number of tetrazole rings is 1. The monoisotopic (exact) mass is 415 g/mol. The lowest BCUT2D eigenvalue weighted by atomic mass is 10.3. The van der Waals surface area contributed by atoms with Gasteiger partial charge in [-0.3, -0.25) is 20.4 Å². The molecule has 0 saturated carbocycles. The van der Waals surface area contributed by atoms with Crippen LogP contribution < -0.4 is 10.6 Å². The first kappa shape index (κ1) is 20.4. The van der Waals surface area contributed by atoms with Crippen LogP contribution in [0.25, 0.3) is 0 Å². The van der Waals surface area contributed by atoms with E-state index >= 15 is 0 Å². The van der Waals surface area contributed by atoms with Gasteiger partial charge in [0.2, 0.25) is 23.0 Å². The Kier molecular flexibility index (Phi) is 6.84. The molecule has 29 heavy (non-hydrogen) atoms. The zero-order chi connectivity index (χ0) is 20.6. The van der Waals surface area contributed by atoms with Crippen LogP contribution in [0.15, 0.2) is 28.7 Å². The van der Waals surface area contributed by atoms with E-state index in [9.17, 15) is 4.79 Å². The van der Waals surface area contributed by atoms with E-state index in [0.717, 1.165) is 17.1 Å². The molecule has 3 rings (SSSR count). The number of hydrogen-bond acceptors (Lipinski definition) is 9. The molecule has 0 fully saturated rings. The Morgan fingerprint density at radius 1 is 1.31 bits per heavy atom. The topological polar surface area (TPSA) is 152 Å². The Morgan fingerprint density at radius 2 is 2.10 bits per heavy atom. The number of amides is 1. The maximum Gasteiger partial charge on any atom is 0.237 e. The molecule has 1 amide bonds. The van der Waals surface area contributed by atoms with E-state index in [-0.39, 0.29) is 17.6 Å². The van der Waals surface area contributed by atoms with Gasteiger partial charge < -0.3 is 4.98 Å². The Hall–Kier alpha value is -3.35. The second-order valence-electron chi connectivity index (χ2n) is 6.08. The first-order chi connectivity index (χ1) is 14.0. The molecule has 3 aromatic rings. The van der Waals surface area contributed by atoms with Gasteiger partial charge in [0.1, 0.15) is 0 Å². The minimum atomic E-state index is -0.254. The van der Waals surface area contributed by atoms with Gasteiger partial charge in [-0.2, -0.15) is 0 Å². The molecule has 3 aromatic heterocycles. The van der Waals surface area contributed by atoms with Crippen LogP contribution in [-0.2, 0) is 18.3 Å². The molecule has 0 aliphatic carbocycles. The molecular formula is C16H21N11OS. The molecule has 0 radical (unpaired) electrons. The molecule has 12 nitrogen and oxygen atoms in total. The molecule has 0 saturated heterocycles. The third-order valence-corrected chi connectivity index (χ3v) is 4.60. The molecule has 0 aliphatic rings. The normalized spacial score (nSPS) is 11.5.